The van der Waals surface area contributed by atoms with E-state index >= 15 is 0 Å². The summed E-state index contributed by atoms with van der Waals surface area (Å²) in [5.74, 6) is -0.683. The first-order valence-corrected chi connectivity index (χ1v) is 7.22. The molecule has 0 spiro atoms. The molecule has 1 heterocycles. The number of halogens is 2. The van der Waals surface area contributed by atoms with Gasteiger partial charge in [-0.3, -0.25) is 4.79 Å². The van der Waals surface area contributed by atoms with Crippen LogP contribution in [0.1, 0.15) is 30.6 Å². The Bertz CT molecular complexity index is 854. The largest absolute Gasteiger partial charge is 0.421 e. The van der Waals surface area contributed by atoms with Crippen LogP contribution in [0.15, 0.2) is 27.4 Å². The highest BCUT2D eigenvalue weighted by Gasteiger charge is 2.26. The molecule has 5 nitrogen and oxygen atoms in total. The minimum atomic E-state index is -1.07. The van der Waals surface area contributed by atoms with Crippen LogP contribution in [-0.2, 0) is 0 Å². The standard InChI is InChI=1S/C15H12Cl2N2O3/c1-3-15(2,7-18)19-13(20)10-5-8-4-9(16)6-11(17)12(8)22-14(10)21/h4-6H,3H2,1-2H3,(H,19,20)/t15-/m1/s1. The second kappa shape index (κ2) is 5.99. The Morgan fingerprint density at radius 3 is 2.68 bits per heavy atom. The van der Waals surface area contributed by atoms with Crippen LogP contribution < -0.4 is 10.9 Å². The average molecular weight is 339 g/mol. The molecule has 0 fully saturated rings. The first kappa shape index (κ1) is 16.3. The molecule has 2 aromatic rings. The lowest BCUT2D eigenvalue weighted by Gasteiger charge is -2.20. The third-order valence-electron chi connectivity index (χ3n) is 3.34. The van der Waals surface area contributed by atoms with Crippen molar-refractivity contribution in [1.29, 1.82) is 5.26 Å². The Labute approximate surface area is 136 Å². The summed E-state index contributed by atoms with van der Waals surface area (Å²) in [7, 11) is 0. The molecule has 0 aliphatic heterocycles. The van der Waals surface area contributed by atoms with E-state index in [2.05, 4.69) is 5.32 Å². The van der Waals surface area contributed by atoms with E-state index in [1.54, 1.807) is 13.8 Å². The molecule has 0 aliphatic carbocycles. The molecule has 0 unspecified atom stereocenters. The Morgan fingerprint density at radius 2 is 2.09 bits per heavy atom. The first-order chi connectivity index (χ1) is 10.3. The van der Waals surface area contributed by atoms with Crippen molar-refractivity contribution in [2.45, 2.75) is 25.8 Å². The van der Waals surface area contributed by atoms with Crippen molar-refractivity contribution in [2.75, 3.05) is 0 Å². The van der Waals surface area contributed by atoms with Crippen LogP contribution in [0.2, 0.25) is 10.0 Å². The summed E-state index contributed by atoms with van der Waals surface area (Å²) in [5, 5.41) is 12.6. The van der Waals surface area contributed by atoms with Crippen LogP contribution in [-0.4, -0.2) is 11.4 Å². The molecule has 0 saturated carbocycles. The third kappa shape index (κ3) is 3.08. The smallest absolute Gasteiger partial charge is 0.349 e. The highest BCUT2D eigenvalue weighted by Crippen LogP contribution is 2.27. The van der Waals surface area contributed by atoms with Gasteiger partial charge in [0.1, 0.15) is 11.1 Å². The molecule has 1 aromatic heterocycles. The highest BCUT2D eigenvalue weighted by molar-refractivity contribution is 6.38. The number of nitrogens with zero attached hydrogens (tertiary/aromatic N) is 1. The number of carbonyl (C=O) groups excluding carboxylic acids is 1. The number of nitrogens with one attached hydrogen (secondary N) is 1. The van der Waals surface area contributed by atoms with Crippen LogP contribution in [0.5, 0.6) is 0 Å². The van der Waals surface area contributed by atoms with E-state index in [1.807, 2.05) is 6.07 Å². The number of rotatable bonds is 3. The quantitative estimate of drug-likeness (QED) is 0.867. The Kier molecular flexibility index (Phi) is 4.45. The Morgan fingerprint density at radius 1 is 1.41 bits per heavy atom. The minimum absolute atomic E-state index is 0.158. The Hall–Kier alpha value is -2.03. The molecule has 1 atom stereocenters. The summed E-state index contributed by atoms with van der Waals surface area (Å²) in [6.07, 6.45) is 0.395. The van der Waals surface area contributed by atoms with Crippen molar-refractivity contribution in [3.63, 3.8) is 0 Å². The zero-order valence-corrected chi connectivity index (χ0v) is 13.4. The summed E-state index contributed by atoms with van der Waals surface area (Å²) in [6.45, 7) is 3.33. The molecule has 0 aliphatic rings. The Balaban J connectivity index is 2.53. The highest BCUT2D eigenvalue weighted by atomic mass is 35.5. The van der Waals surface area contributed by atoms with Crippen molar-refractivity contribution < 1.29 is 9.21 Å². The van der Waals surface area contributed by atoms with E-state index < -0.39 is 17.1 Å². The van der Waals surface area contributed by atoms with Crippen LogP contribution in [0, 0.1) is 11.3 Å². The predicted octanol–water partition coefficient (Wildman–Crippen LogP) is 3.52. The van der Waals surface area contributed by atoms with Crippen molar-refractivity contribution in [1.82, 2.24) is 5.32 Å². The third-order valence-corrected chi connectivity index (χ3v) is 3.84. The van der Waals surface area contributed by atoms with Crippen molar-refractivity contribution >= 4 is 40.1 Å². The monoisotopic (exact) mass is 338 g/mol. The molecule has 114 valence electrons. The number of hydrogen-bond donors (Lipinski definition) is 1. The molecule has 0 saturated heterocycles. The molecule has 0 bridgehead atoms. The fraction of sp³-hybridized carbons (Fsp3) is 0.267. The molecule has 1 N–H and O–H groups in total. The summed E-state index contributed by atoms with van der Waals surface area (Å²) < 4.78 is 5.09. The lowest BCUT2D eigenvalue weighted by atomic mass is 10.0. The molecular weight excluding hydrogens is 327 g/mol. The molecule has 22 heavy (non-hydrogen) atoms. The van der Waals surface area contributed by atoms with Gasteiger partial charge in [0.15, 0.2) is 5.58 Å². The van der Waals surface area contributed by atoms with Gasteiger partial charge < -0.3 is 9.73 Å². The van der Waals surface area contributed by atoms with Crippen LogP contribution in [0.25, 0.3) is 11.0 Å². The molecule has 1 amide bonds. The summed E-state index contributed by atoms with van der Waals surface area (Å²) in [6, 6.07) is 6.32. The second-order valence-corrected chi connectivity index (χ2v) is 5.85. The van der Waals surface area contributed by atoms with Gasteiger partial charge in [0.25, 0.3) is 5.91 Å². The lowest BCUT2D eigenvalue weighted by molar-refractivity contribution is 0.0919. The second-order valence-electron chi connectivity index (χ2n) is 5.01. The van der Waals surface area contributed by atoms with Crippen molar-refractivity contribution in [3.05, 3.63) is 44.2 Å². The SMILES string of the molecule is CC[C@](C)(C#N)NC(=O)c1cc2cc(Cl)cc(Cl)c2oc1=O. The number of hydrogen-bond acceptors (Lipinski definition) is 4. The van der Waals surface area contributed by atoms with Gasteiger partial charge in [0.05, 0.1) is 11.1 Å². The maximum atomic E-state index is 12.2. The number of fused-ring (bicyclic) bond motifs is 1. The maximum absolute atomic E-state index is 12.2. The number of nitriles is 1. The molecule has 0 radical (unpaired) electrons. The van der Waals surface area contributed by atoms with E-state index in [0.717, 1.165) is 0 Å². The first-order valence-electron chi connectivity index (χ1n) is 6.46. The van der Waals surface area contributed by atoms with E-state index in [1.165, 1.54) is 18.2 Å². The maximum Gasteiger partial charge on any atom is 0.349 e. The zero-order chi connectivity index (χ0) is 16.5. The van der Waals surface area contributed by atoms with E-state index in [-0.39, 0.29) is 16.2 Å². The molecule has 2 rings (SSSR count). The van der Waals surface area contributed by atoms with Crippen LogP contribution in [0.3, 0.4) is 0 Å². The topological polar surface area (TPSA) is 83.1 Å². The molecule has 7 heteroatoms. The van der Waals surface area contributed by atoms with Gasteiger partial charge in [-0.15, -0.1) is 0 Å². The summed E-state index contributed by atoms with van der Waals surface area (Å²) in [4.78, 5) is 24.2. The normalized spacial score (nSPS) is 13.4. The summed E-state index contributed by atoms with van der Waals surface area (Å²) in [5.41, 5.74) is -1.94. The van der Waals surface area contributed by atoms with Gasteiger partial charge >= 0.3 is 5.63 Å². The van der Waals surface area contributed by atoms with Gasteiger partial charge in [-0.25, -0.2) is 4.79 Å². The lowest BCUT2D eigenvalue weighted by Crippen LogP contribution is -2.45. The van der Waals surface area contributed by atoms with Gasteiger partial charge in [0, 0.05) is 10.4 Å². The fourth-order valence-corrected chi connectivity index (χ4v) is 2.38. The predicted molar refractivity (Wildman–Crippen MR) is 84.3 cm³/mol. The van der Waals surface area contributed by atoms with Gasteiger partial charge in [-0.05, 0) is 31.5 Å². The minimum Gasteiger partial charge on any atom is -0.421 e. The van der Waals surface area contributed by atoms with Crippen LogP contribution in [0.4, 0.5) is 0 Å². The van der Waals surface area contributed by atoms with E-state index in [9.17, 15) is 9.59 Å². The summed E-state index contributed by atoms with van der Waals surface area (Å²) >= 11 is 11.9. The zero-order valence-electron chi connectivity index (χ0n) is 11.9. The van der Waals surface area contributed by atoms with Gasteiger partial charge in [0.2, 0.25) is 0 Å². The van der Waals surface area contributed by atoms with E-state index in [0.29, 0.717) is 16.8 Å². The van der Waals surface area contributed by atoms with E-state index in [4.69, 9.17) is 32.9 Å². The van der Waals surface area contributed by atoms with Crippen molar-refractivity contribution in [3.8, 4) is 6.07 Å². The van der Waals surface area contributed by atoms with Gasteiger partial charge in [-0.2, -0.15) is 5.26 Å². The molecule has 1 aromatic carbocycles. The van der Waals surface area contributed by atoms with Crippen molar-refractivity contribution in [2.24, 2.45) is 0 Å². The number of amides is 1. The average Bonchev–Trinajstić information content (AvgIpc) is 2.47. The van der Waals surface area contributed by atoms with Crippen LogP contribution >= 0.6 is 23.2 Å². The number of benzene rings is 1. The fourth-order valence-electron chi connectivity index (χ4n) is 1.83. The van der Waals surface area contributed by atoms with Gasteiger partial charge in [-0.1, -0.05) is 30.1 Å². The molecular formula is C15H12Cl2N2O3. The number of carbonyl (C=O) groups is 1.